The maximum absolute atomic E-state index is 13.7. The van der Waals surface area contributed by atoms with E-state index < -0.39 is 17.6 Å². The molecule has 25 heavy (non-hydrogen) atoms. The summed E-state index contributed by atoms with van der Waals surface area (Å²) in [5.41, 5.74) is 0.241. The predicted octanol–water partition coefficient (Wildman–Crippen LogP) is 4.90. The molecule has 0 aliphatic carbocycles. The Morgan fingerprint density at radius 2 is 1.72 bits per heavy atom. The van der Waals surface area contributed by atoms with E-state index in [2.05, 4.69) is 6.58 Å². The number of benzene rings is 3. The molecule has 0 aliphatic heterocycles. The van der Waals surface area contributed by atoms with E-state index in [1.165, 1.54) is 24.3 Å². The van der Waals surface area contributed by atoms with Crippen molar-refractivity contribution < 1.29 is 23.0 Å². The first kappa shape index (κ1) is 16.6. The van der Waals surface area contributed by atoms with Gasteiger partial charge < -0.3 is 9.47 Å². The van der Waals surface area contributed by atoms with Crippen LogP contribution in [0.2, 0.25) is 0 Å². The Morgan fingerprint density at radius 3 is 2.44 bits per heavy atom. The van der Waals surface area contributed by atoms with Gasteiger partial charge in [-0.3, -0.25) is 0 Å². The number of carbonyl (C=O) groups excluding carboxylic acids is 1. The van der Waals surface area contributed by atoms with E-state index >= 15 is 0 Å². The number of fused-ring (bicyclic) bond motifs is 1. The molecule has 0 spiro atoms. The minimum Gasteiger partial charge on any atom is -0.490 e. The molecule has 0 amide bonds. The third-order valence-electron chi connectivity index (χ3n) is 3.54. The maximum Gasteiger partial charge on any atom is 0.343 e. The van der Waals surface area contributed by atoms with E-state index in [1.807, 2.05) is 0 Å². The highest BCUT2D eigenvalue weighted by molar-refractivity contribution is 5.96. The number of esters is 1. The molecule has 0 fully saturated rings. The maximum atomic E-state index is 13.7. The van der Waals surface area contributed by atoms with Crippen molar-refractivity contribution in [1.82, 2.24) is 0 Å². The normalized spacial score (nSPS) is 10.5. The van der Waals surface area contributed by atoms with Gasteiger partial charge in [0, 0.05) is 5.39 Å². The van der Waals surface area contributed by atoms with Gasteiger partial charge in [0.15, 0.2) is 11.6 Å². The summed E-state index contributed by atoms with van der Waals surface area (Å²) in [6.45, 7) is 3.94. The standard InChI is InChI=1S/C20H14F2O3/c1-2-11-24-15-5-7-16(8-6-15)25-20(23)14-3-9-17-13(12-14)4-10-18(21)19(17)22/h2-10,12H,1,11H2. The first-order chi connectivity index (χ1) is 12.1. The van der Waals surface area contributed by atoms with Gasteiger partial charge in [-0.15, -0.1) is 0 Å². The molecule has 126 valence electrons. The van der Waals surface area contributed by atoms with Gasteiger partial charge in [-0.2, -0.15) is 0 Å². The molecule has 3 aromatic rings. The molecule has 0 aliphatic rings. The first-order valence-electron chi connectivity index (χ1n) is 7.52. The lowest BCUT2D eigenvalue weighted by atomic mass is 10.1. The molecule has 3 nitrogen and oxygen atoms in total. The average molecular weight is 340 g/mol. The molecule has 0 bridgehead atoms. The van der Waals surface area contributed by atoms with E-state index in [4.69, 9.17) is 9.47 Å². The summed E-state index contributed by atoms with van der Waals surface area (Å²) in [6, 6.07) is 13.2. The summed E-state index contributed by atoms with van der Waals surface area (Å²) < 4.78 is 37.5. The van der Waals surface area contributed by atoms with Crippen LogP contribution in [-0.4, -0.2) is 12.6 Å². The molecule has 3 rings (SSSR count). The smallest absolute Gasteiger partial charge is 0.343 e. The zero-order valence-corrected chi connectivity index (χ0v) is 13.2. The van der Waals surface area contributed by atoms with Crippen LogP contribution < -0.4 is 9.47 Å². The molecule has 3 aromatic carbocycles. The van der Waals surface area contributed by atoms with Crippen molar-refractivity contribution in [1.29, 1.82) is 0 Å². The predicted molar refractivity (Wildman–Crippen MR) is 91.0 cm³/mol. The van der Waals surface area contributed by atoms with Crippen molar-refractivity contribution in [2.24, 2.45) is 0 Å². The number of hydrogen-bond acceptors (Lipinski definition) is 3. The second-order valence-corrected chi connectivity index (χ2v) is 5.26. The van der Waals surface area contributed by atoms with E-state index in [0.29, 0.717) is 23.5 Å². The second-order valence-electron chi connectivity index (χ2n) is 5.26. The van der Waals surface area contributed by atoms with Crippen LogP contribution in [0.5, 0.6) is 11.5 Å². The topological polar surface area (TPSA) is 35.5 Å². The Morgan fingerprint density at radius 1 is 1.00 bits per heavy atom. The Bertz CT molecular complexity index is 934. The minimum atomic E-state index is -0.937. The molecule has 0 saturated heterocycles. The third kappa shape index (κ3) is 3.66. The van der Waals surface area contributed by atoms with Crippen LogP contribution in [0.3, 0.4) is 0 Å². The molecule has 0 aromatic heterocycles. The molecule has 0 unspecified atom stereocenters. The Balaban J connectivity index is 1.78. The molecular formula is C20H14F2O3. The van der Waals surface area contributed by atoms with Crippen LogP contribution in [0.1, 0.15) is 10.4 Å². The summed E-state index contributed by atoms with van der Waals surface area (Å²) >= 11 is 0. The summed E-state index contributed by atoms with van der Waals surface area (Å²) in [7, 11) is 0. The third-order valence-corrected chi connectivity index (χ3v) is 3.54. The van der Waals surface area contributed by atoms with Crippen molar-refractivity contribution in [3.05, 3.63) is 84.5 Å². The van der Waals surface area contributed by atoms with Crippen LogP contribution in [0.4, 0.5) is 8.78 Å². The highest BCUT2D eigenvalue weighted by atomic mass is 19.2. The highest BCUT2D eigenvalue weighted by Crippen LogP contribution is 2.23. The summed E-state index contributed by atoms with van der Waals surface area (Å²) in [6.07, 6.45) is 1.63. The number of rotatable bonds is 5. The van der Waals surface area contributed by atoms with E-state index in [0.717, 1.165) is 6.07 Å². The number of ether oxygens (including phenoxy) is 2. The SMILES string of the molecule is C=CCOc1ccc(OC(=O)c2ccc3c(F)c(F)ccc3c2)cc1. The molecule has 0 N–H and O–H groups in total. The quantitative estimate of drug-likeness (QED) is 0.376. The van der Waals surface area contributed by atoms with E-state index in [9.17, 15) is 13.6 Å². The number of hydrogen-bond donors (Lipinski definition) is 0. The molecular weight excluding hydrogens is 326 g/mol. The van der Waals surface area contributed by atoms with Crippen LogP contribution >= 0.6 is 0 Å². The van der Waals surface area contributed by atoms with Gasteiger partial charge in [0.1, 0.15) is 18.1 Å². The van der Waals surface area contributed by atoms with Crippen molar-refractivity contribution in [2.45, 2.75) is 0 Å². The Hall–Kier alpha value is -3.21. The van der Waals surface area contributed by atoms with Gasteiger partial charge in [-0.25, -0.2) is 13.6 Å². The van der Waals surface area contributed by atoms with Gasteiger partial charge in [0.05, 0.1) is 5.56 Å². The Labute approximate surface area is 143 Å². The van der Waals surface area contributed by atoms with Crippen LogP contribution in [0, 0.1) is 11.6 Å². The average Bonchev–Trinajstić information content (AvgIpc) is 2.64. The zero-order valence-electron chi connectivity index (χ0n) is 13.2. The highest BCUT2D eigenvalue weighted by Gasteiger charge is 2.12. The fourth-order valence-electron chi connectivity index (χ4n) is 2.32. The molecule has 0 saturated carbocycles. The first-order valence-corrected chi connectivity index (χ1v) is 7.52. The van der Waals surface area contributed by atoms with Gasteiger partial charge in [0.25, 0.3) is 0 Å². The number of halogens is 2. The summed E-state index contributed by atoms with van der Waals surface area (Å²) in [5.74, 6) is -1.48. The van der Waals surface area contributed by atoms with E-state index in [1.54, 1.807) is 30.3 Å². The lowest BCUT2D eigenvalue weighted by Gasteiger charge is -2.07. The lowest BCUT2D eigenvalue weighted by Crippen LogP contribution is -2.08. The van der Waals surface area contributed by atoms with Crippen molar-refractivity contribution in [3.8, 4) is 11.5 Å². The second kappa shape index (κ2) is 7.13. The molecule has 0 atom stereocenters. The van der Waals surface area contributed by atoms with Gasteiger partial charge in [-0.1, -0.05) is 24.8 Å². The monoisotopic (exact) mass is 340 g/mol. The van der Waals surface area contributed by atoms with Crippen LogP contribution in [-0.2, 0) is 0 Å². The van der Waals surface area contributed by atoms with E-state index in [-0.39, 0.29) is 10.9 Å². The molecule has 0 radical (unpaired) electrons. The van der Waals surface area contributed by atoms with Gasteiger partial charge >= 0.3 is 5.97 Å². The van der Waals surface area contributed by atoms with Gasteiger partial charge in [0.2, 0.25) is 0 Å². The fourth-order valence-corrected chi connectivity index (χ4v) is 2.32. The van der Waals surface area contributed by atoms with Gasteiger partial charge in [-0.05, 0) is 47.9 Å². The lowest BCUT2D eigenvalue weighted by molar-refractivity contribution is 0.0735. The van der Waals surface area contributed by atoms with Crippen LogP contribution in [0.15, 0.2) is 67.3 Å². The molecule has 0 heterocycles. The van der Waals surface area contributed by atoms with Crippen molar-refractivity contribution in [2.75, 3.05) is 6.61 Å². The summed E-state index contributed by atoms with van der Waals surface area (Å²) in [5, 5.41) is 0.529. The van der Waals surface area contributed by atoms with Crippen molar-refractivity contribution in [3.63, 3.8) is 0 Å². The molecule has 5 heteroatoms. The zero-order chi connectivity index (χ0) is 17.8. The van der Waals surface area contributed by atoms with Crippen LogP contribution in [0.25, 0.3) is 10.8 Å². The van der Waals surface area contributed by atoms with Crippen molar-refractivity contribution >= 4 is 16.7 Å². The minimum absolute atomic E-state index is 0.111. The Kier molecular flexibility index (Phi) is 4.75. The number of carbonyl (C=O) groups is 1. The largest absolute Gasteiger partial charge is 0.490 e. The summed E-state index contributed by atoms with van der Waals surface area (Å²) in [4.78, 5) is 12.2. The fraction of sp³-hybridized carbons (Fsp3) is 0.0500.